The molecule has 0 spiro atoms. The standard InChI is InChI=1S/C12H24N2O/c1-5-9-14(10-7-8-10)11(15)12(3,4)13-6-2/h10,13H,5-9H2,1-4H3. The molecule has 0 aliphatic heterocycles. The van der Waals surface area contributed by atoms with E-state index in [0.717, 1.165) is 19.5 Å². The minimum Gasteiger partial charge on any atom is -0.338 e. The second kappa shape index (κ2) is 4.97. The fraction of sp³-hybridized carbons (Fsp3) is 0.917. The molecule has 0 unspecified atom stereocenters. The van der Waals surface area contributed by atoms with E-state index in [1.165, 1.54) is 12.8 Å². The summed E-state index contributed by atoms with van der Waals surface area (Å²) in [6.07, 6.45) is 3.42. The quantitative estimate of drug-likeness (QED) is 0.728. The van der Waals surface area contributed by atoms with Crippen molar-refractivity contribution >= 4 is 5.91 Å². The van der Waals surface area contributed by atoms with Gasteiger partial charge < -0.3 is 10.2 Å². The number of amides is 1. The van der Waals surface area contributed by atoms with Gasteiger partial charge in [-0.25, -0.2) is 0 Å². The van der Waals surface area contributed by atoms with Crippen LogP contribution in [-0.2, 0) is 4.79 Å². The van der Waals surface area contributed by atoms with Gasteiger partial charge in [-0.2, -0.15) is 0 Å². The van der Waals surface area contributed by atoms with Gasteiger partial charge in [0.15, 0.2) is 0 Å². The number of hydrogen-bond acceptors (Lipinski definition) is 2. The van der Waals surface area contributed by atoms with Crippen molar-refractivity contribution in [1.82, 2.24) is 10.2 Å². The van der Waals surface area contributed by atoms with E-state index in [1.807, 2.05) is 20.8 Å². The summed E-state index contributed by atoms with van der Waals surface area (Å²) in [7, 11) is 0. The van der Waals surface area contributed by atoms with Gasteiger partial charge in [0.05, 0.1) is 5.54 Å². The molecule has 3 heteroatoms. The lowest BCUT2D eigenvalue weighted by atomic mass is 10.0. The average Bonchev–Trinajstić information content (AvgIpc) is 2.96. The third-order valence-corrected chi connectivity index (χ3v) is 2.87. The van der Waals surface area contributed by atoms with E-state index in [1.54, 1.807) is 0 Å². The Morgan fingerprint density at radius 2 is 2.00 bits per heavy atom. The van der Waals surface area contributed by atoms with E-state index in [0.29, 0.717) is 6.04 Å². The van der Waals surface area contributed by atoms with E-state index in [-0.39, 0.29) is 5.91 Å². The minimum absolute atomic E-state index is 0.258. The first-order valence-corrected chi connectivity index (χ1v) is 6.09. The van der Waals surface area contributed by atoms with Crippen molar-refractivity contribution in [2.45, 2.75) is 58.5 Å². The molecule has 1 rings (SSSR count). The Kier molecular flexibility index (Phi) is 4.14. The summed E-state index contributed by atoms with van der Waals surface area (Å²) in [6, 6.07) is 0.524. The molecule has 88 valence electrons. The molecule has 0 bridgehead atoms. The second-order valence-electron chi connectivity index (χ2n) is 4.89. The molecule has 0 aromatic carbocycles. The number of carbonyl (C=O) groups excluding carboxylic acids is 1. The maximum atomic E-state index is 12.3. The van der Waals surface area contributed by atoms with Crippen LogP contribution in [0.3, 0.4) is 0 Å². The molecule has 0 heterocycles. The third-order valence-electron chi connectivity index (χ3n) is 2.87. The zero-order chi connectivity index (χ0) is 11.5. The van der Waals surface area contributed by atoms with Crippen LogP contribution in [-0.4, -0.2) is 35.5 Å². The molecule has 1 saturated carbocycles. The first-order chi connectivity index (χ1) is 7.03. The topological polar surface area (TPSA) is 32.3 Å². The average molecular weight is 212 g/mol. The van der Waals surface area contributed by atoms with Gasteiger partial charge in [-0.1, -0.05) is 13.8 Å². The second-order valence-corrected chi connectivity index (χ2v) is 4.89. The Balaban J connectivity index is 2.61. The van der Waals surface area contributed by atoms with Crippen LogP contribution in [0.5, 0.6) is 0 Å². The molecule has 0 atom stereocenters. The van der Waals surface area contributed by atoms with Crippen LogP contribution < -0.4 is 5.32 Å². The highest BCUT2D eigenvalue weighted by Crippen LogP contribution is 2.28. The lowest BCUT2D eigenvalue weighted by Crippen LogP contribution is -2.54. The Labute approximate surface area is 93.2 Å². The Hall–Kier alpha value is -0.570. The number of rotatable bonds is 6. The highest BCUT2D eigenvalue weighted by molar-refractivity contribution is 5.86. The number of hydrogen-bond donors (Lipinski definition) is 1. The van der Waals surface area contributed by atoms with Crippen molar-refractivity contribution in [3.63, 3.8) is 0 Å². The smallest absolute Gasteiger partial charge is 0.242 e. The molecule has 3 nitrogen and oxygen atoms in total. The van der Waals surface area contributed by atoms with Gasteiger partial charge in [0.1, 0.15) is 0 Å². The fourth-order valence-corrected chi connectivity index (χ4v) is 1.95. The number of nitrogens with one attached hydrogen (secondary N) is 1. The summed E-state index contributed by atoms with van der Waals surface area (Å²) in [4.78, 5) is 14.3. The molecule has 1 amide bonds. The molecule has 15 heavy (non-hydrogen) atoms. The van der Waals surface area contributed by atoms with Gasteiger partial charge >= 0.3 is 0 Å². The van der Waals surface area contributed by atoms with E-state index in [9.17, 15) is 4.79 Å². The largest absolute Gasteiger partial charge is 0.338 e. The molecule has 0 aromatic heterocycles. The third kappa shape index (κ3) is 3.20. The van der Waals surface area contributed by atoms with Crippen molar-refractivity contribution in [3.8, 4) is 0 Å². The molecular formula is C12H24N2O. The first kappa shape index (κ1) is 12.5. The van der Waals surface area contributed by atoms with Crippen LogP contribution >= 0.6 is 0 Å². The maximum Gasteiger partial charge on any atom is 0.242 e. The molecule has 1 aliphatic rings. The van der Waals surface area contributed by atoms with E-state index in [2.05, 4.69) is 17.1 Å². The summed E-state index contributed by atoms with van der Waals surface area (Å²) in [5.74, 6) is 0.258. The van der Waals surface area contributed by atoms with Gasteiger partial charge in [0.2, 0.25) is 5.91 Å². The highest BCUT2D eigenvalue weighted by atomic mass is 16.2. The predicted molar refractivity (Wildman–Crippen MR) is 62.8 cm³/mol. The normalized spacial score (nSPS) is 16.5. The van der Waals surface area contributed by atoms with Crippen LogP contribution in [0.25, 0.3) is 0 Å². The van der Waals surface area contributed by atoms with Crippen molar-refractivity contribution in [2.24, 2.45) is 0 Å². The van der Waals surface area contributed by atoms with E-state index in [4.69, 9.17) is 0 Å². The summed E-state index contributed by atoms with van der Waals surface area (Å²) >= 11 is 0. The molecular weight excluding hydrogens is 188 g/mol. The first-order valence-electron chi connectivity index (χ1n) is 6.09. The molecule has 0 radical (unpaired) electrons. The summed E-state index contributed by atoms with van der Waals surface area (Å²) in [5, 5.41) is 3.25. The van der Waals surface area contributed by atoms with Crippen LogP contribution in [0.4, 0.5) is 0 Å². The zero-order valence-electron chi connectivity index (χ0n) is 10.5. The summed E-state index contributed by atoms with van der Waals surface area (Å²) < 4.78 is 0. The lowest BCUT2D eigenvalue weighted by molar-refractivity contribution is -0.137. The van der Waals surface area contributed by atoms with Gasteiger partial charge in [-0.3, -0.25) is 4.79 Å². The zero-order valence-corrected chi connectivity index (χ0v) is 10.5. The van der Waals surface area contributed by atoms with Crippen LogP contribution in [0.1, 0.15) is 47.0 Å². The molecule has 1 fully saturated rings. The van der Waals surface area contributed by atoms with Crippen molar-refractivity contribution in [2.75, 3.05) is 13.1 Å². The van der Waals surface area contributed by atoms with Crippen molar-refractivity contribution in [3.05, 3.63) is 0 Å². The van der Waals surface area contributed by atoms with Crippen LogP contribution in [0, 0.1) is 0 Å². The predicted octanol–water partition coefficient (Wildman–Crippen LogP) is 1.78. The highest BCUT2D eigenvalue weighted by Gasteiger charge is 2.38. The molecule has 0 saturated heterocycles. The molecule has 0 aromatic rings. The lowest BCUT2D eigenvalue weighted by Gasteiger charge is -2.32. The van der Waals surface area contributed by atoms with E-state index >= 15 is 0 Å². The van der Waals surface area contributed by atoms with Crippen molar-refractivity contribution < 1.29 is 4.79 Å². The Morgan fingerprint density at radius 3 is 2.40 bits per heavy atom. The van der Waals surface area contributed by atoms with Crippen LogP contribution in [0.2, 0.25) is 0 Å². The number of nitrogens with zero attached hydrogens (tertiary/aromatic N) is 1. The molecule has 1 aliphatic carbocycles. The summed E-state index contributed by atoms with van der Waals surface area (Å²) in [6.45, 7) is 9.86. The SMILES string of the molecule is CCCN(C(=O)C(C)(C)NCC)C1CC1. The number of likely N-dealkylation sites (N-methyl/N-ethyl adjacent to an activating group) is 1. The Morgan fingerprint density at radius 1 is 1.40 bits per heavy atom. The summed E-state index contributed by atoms with van der Waals surface area (Å²) in [5.41, 5.74) is -0.410. The van der Waals surface area contributed by atoms with Gasteiger partial charge in [-0.15, -0.1) is 0 Å². The Bertz CT molecular complexity index is 222. The number of carbonyl (C=O) groups is 1. The van der Waals surface area contributed by atoms with Gasteiger partial charge in [0, 0.05) is 12.6 Å². The van der Waals surface area contributed by atoms with Gasteiger partial charge in [-0.05, 0) is 39.7 Å². The van der Waals surface area contributed by atoms with Crippen LogP contribution in [0.15, 0.2) is 0 Å². The minimum atomic E-state index is -0.410. The fourth-order valence-electron chi connectivity index (χ4n) is 1.95. The maximum absolute atomic E-state index is 12.3. The van der Waals surface area contributed by atoms with Gasteiger partial charge in [0.25, 0.3) is 0 Å². The van der Waals surface area contributed by atoms with E-state index < -0.39 is 5.54 Å². The monoisotopic (exact) mass is 212 g/mol. The molecule has 1 N–H and O–H groups in total. The van der Waals surface area contributed by atoms with Crippen molar-refractivity contribution in [1.29, 1.82) is 0 Å².